The molecule has 0 spiro atoms. The summed E-state index contributed by atoms with van der Waals surface area (Å²) in [4.78, 5) is 12.1. The first kappa shape index (κ1) is 19.6. The Morgan fingerprint density at radius 1 is 1.15 bits per heavy atom. The molecule has 2 aromatic rings. The monoisotopic (exact) mass is 376 g/mol. The molecular formula is C19H21ClN2O4. The molecule has 0 aliphatic rings. The first-order valence-corrected chi connectivity index (χ1v) is 8.30. The van der Waals surface area contributed by atoms with Crippen LogP contribution in [0.1, 0.15) is 18.1 Å². The van der Waals surface area contributed by atoms with Gasteiger partial charge in [0.15, 0.2) is 6.10 Å². The number of hydrogen-bond donors (Lipinski definition) is 1. The van der Waals surface area contributed by atoms with Crippen molar-refractivity contribution in [2.24, 2.45) is 5.10 Å². The Labute approximate surface area is 157 Å². The van der Waals surface area contributed by atoms with Crippen molar-refractivity contribution in [1.82, 2.24) is 5.43 Å². The second kappa shape index (κ2) is 9.10. The zero-order valence-corrected chi connectivity index (χ0v) is 15.8. The molecule has 1 unspecified atom stereocenters. The fourth-order valence-corrected chi connectivity index (χ4v) is 2.40. The molecule has 0 fully saturated rings. The first-order valence-electron chi connectivity index (χ1n) is 7.92. The molecule has 1 atom stereocenters. The van der Waals surface area contributed by atoms with E-state index in [2.05, 4.69) is 10.5 Å². The van der Waals surface area contributed by atoms with Crippen molar-refractivity contribution in [1.29, 1.82) is 0 Å². The Kier molecular flexibility index (Phi) is 6.86. The number of amides is 1. The van der Waals surface area contributed by atoms with E-state index in [1.165, 1.54) is 6.21 Å². The molecule has 7 heteroatoms. The minimum absolute atomic E-state index is 0.372. The lowest BCUT2D eigenvalue weighted by Crippen LogP contribution is -2.33. The van der Waals surface area contributed by atoms with Crippen molar-refractivity contribution in [2.75, 3.05) is 14.2 Å². The molecule has 2 rings (SSSR count). The van der Waals surface area contributed by atoms with E-state index < -0.39 is 6.10 Å². The smallest absolute Gasteiger partial charge is 0.280 e. The summed E-state index contributed by atoms with van der Waals surface area (Å²) in [5.74, 6) is 1.48. The minimum Gasteiger partial charge on any atom is -0.497 e. The maximum Gasteiger partial charge on any atom is 0.280 e. The van der Waals surface area contributed by atoms with Crippen LogP contribution in [-0.4, -0.2) is 32.4 Å². The van der Waals surface area contributed by atoms with Crippen LogP contribution >= 0.6 is 11.6 Å². The van der Waals surface area contributed by atoms with Crippen LogP contribution in [-0.2, 0) is 4.79 Å². The first-order chi connectivity index (χ1) is 12.4. The summed E-state index contributed by atoms with van der Waals surface area (Å²) in [5.41, 5.74) is 4.01. The second-order valence-electron chi connectivity index (χ2n) is 5.51. The average Bonchev–Trinajstić information content (AvgIpc) is 2.63. The Morgan fingerprint density at radius 3 is 2.58 bits per heavy atom. The van der Waals surface area contributed by atoms with Crippen molar-refractivity contribution in [3.63, 3.8) is 0 Å². The fraction of sp³-hybridized carbons (Fsp3) is 0.263. The van der Waals surface area contributed by atoms with Gasteiger partial charge in [0.25, 0.3) is 5.91 Å². The molecule has 0 aromatic heterocycles. The molecule has 0 radical (unpaired) electrons. The van der Waals surface area contributed by atoms with Crippen LogP contribution in [0.4, 0.5) is 0 Å². The number of nitrogens with one attached hydrogen (secondary N) is 1. The summed E-state index contributed by atoms with van der Waals surface area (Å²) in [5, 5.41) is 4.57. The number of aryl methyl sites for hydroxylation is 1. The Hall–Kier alpha value is -2.73. The van der Waals surface area contributed by atoms with E-state index in [0.717, 1.165) is 5.56 Å². The zero-order valence-electron chi connectivity index (χ0n) is 15.1. The normalized spacial score (nSPS) is 11.9. The van der Waals surface area contributed by atoms with Crippen molar-refractivity contribution in [2.45, 2.75) is 20.0 Å². The van der Waals surface area contributed by atoms with Crippen molar-refractivity contribution in [3.8, 4) is 17.2 Å². The molecule has 0 saturated carbocycles. The standard InChI is InChI=1S/C19H21ClN2O4/c1-12-9-15(20)6-8-17(12)26-13(2)19(23)22-21-11-14-5-7-16(24-3)10-18(14)25-4/h5-11,13H,1-4H3,(H,22,23). The van der Waals surface area contributed by atoms with E-state index >= 15 is 0 Å². The highest BCUT2D eigenvalue weighted by Crippen LogP contribution is 2.24. The largest absolute Gasteiger partial charge is 0.497 e. The number of benzene rings is 2. The van der Waals surface area contributed by atoms with E-state index in [-0.39, 0.29) is 5.91 Å². The van der Waals surface area contributed by atoms with Gasteiger partial charge in [0.2, 0.25) is 0 Å². The Balaban J connectivity index is 1.98. The van der Waals surface area contributed by atoms with Gasteiger partial charge in [-0.3, -0.25) is 4.79 Å². The number of rotatable bonds is 7. The number of carbonyl (C=O) groups is 1. The zero-order chi connectivity index (χ0) is 19.1. The molecule has 1 amide bonds. The lowest BCUT2D eigenvalue weighted by molar-refractivity contribution is -0.127. The van der Waals surface area contributed by atoms with Gasteiger partial charge in [0, 0.05) is 16.7 Å². The molecule has 0 saturated heterocycles. The lowest BCUT2D eigenvalue weighted by Gasteiger charge is -2.15. The van der Waals surface area contributed by atoms with Crippen LogP contribution in [0.3, 0.4) is 0 Å². The topological polar surface area (TPSA) is 69.2 Å². The van der Waals surface area contributed by atoms with E-state index in [0.29, 0.717) is 27.8 Å². The molecule has 0 bridgehead atoms. The molecule has 0 heterocycles. The van der Waals surface area contributed by atoms with E-state index in [1.54, 1.807) is 57.5 Å². The van der Waals surface area contributed by atoms with Gasteiger partial charge in [-0.05, 0) is 49.7 Å². The Morgan fingerprint density at radius 2 is 1.92 bits per heavy atom. The SMILES string of the molecule is COc1ccc(C=NNC(=O)C(C)Oc2ccc(Cl)cc2C)c(OC)c1. The van der Waals surface area contributed by atoms with Crippen molar-refractivity contribution >= 4 is 23.7 Å². The number of carbonyl (C=O) groups excluding carboxylic acids is 1. The average molecular weight is 377 g/mol. The second-order valence-corrected chi connectivity index (χ2v) is 5.95. The highest BCUT2D eigenvalue weighted by molar-refractivity contribution is 6.30. The number of methoxy groups -OCH3 is 2. The van der Waals surface area contributed by atoms with E-state index in [1.807, 2.05) is 6.92 Å². The number of nitrogens with zero attached hydrogens (tertiary/aromatic N) is 1. The van der Waals surface area contributed by atoms with Gasteiger partial charge in [-0.1, -0.05) is 11.6 Å². The Bertz CT molecular complexity index is 808. The van der Waals surface area contributed by atoms with Gasteiger partial charge in [0.05, 0.1) is 20.4 Å². The van der Waals surface area contributed by atoms with Crippen LogP contribution in [0.25, 0.3) is 0 Å². The summed E-state index contributed by atoms with van der Waals surface area (Å²) in [7, 11) is 3.13. The molecular weight excluding hydrogens is 356 g/mol. The third-order valence-corrected chi connectivity index (χ3v) is 3.86. The highest BCUT2D eigenvalue weighted by atomic mass is 35.5. The number of hydrazone groups is 1. The molecule has 0 aliphatic heterocycles. The summed E-state index contributed by atoms with van der Waals surface area (Å²) < 4.78 is 16.1. The van der Waals surface area contributed by atoms with Crippen LogP contribution in [0, 0.1) is 6.92 Å². The third kappa shape index (κ3) is 5.13. The quantitative estimate of drug-likeness (QED) is 0.592. The summed E-state index contributed by atoms with van der Waals surface area (Å²) in [6.07, 6.45) is 0.779. The summed E-state index contributed by atoms with van der Waals surface area (Å²) in [6.45, 7) is 3.51. The molecule has 138 valence electrons. The molecule has 1 N–H and O–H groups in total. The molecule has 26 heavy (non-hydrogen) atoms. The summed E-state index contributed by atoms with van der Waals surface area (Å²) in [6, 6.07) is 10.5. The van der Waals surface area contributed by atoms with Gasteiger partial charge in [-0.2, -0.15) is 5.10 Å². The third-order valence-electron chi connectivity index (χ3n) is 3.63. The number of ether oxygens (including phenoxy) is 3. The van der Waals surface area contributed by atoms with Gasteiger partial charge in [0.1, 0.15) is 17.2 Å². The van der Waals surface area contributed by atoms with Gasteiger partial charge < -0.3 is 14.2 Å². The van der Waals surface area contributed by atoms with Gasteiger partial charge >= 0.3 is 0 Å². The maximum absolute atomic E-state index is 12.1. The highest BCUT2D eigenvalue weighted by Gasteiger charge is 2.15. The predicted octanol–water partition coefficient (Wildman–Crippen LogP) is 3.58. The van der Waals surface area contributed by atoms with E-state index in [9.17, 15) is 4.79 Å². The number of hydrogen-bond acceptors (Lipinski definition) is 5. The van der Waals surface area contributed by atoms with Crippen LogP contribution in [0.5, 0.6) is 17.2 Å². The molecule has 6 nitrogen and oxygen atoms in total. The molecule has 2 aromatic carbocycles. The van der Waals surface area contributed by atoms with Crippen LogP contribution < -0.4 is 19.6 Å². The van der Waals surface area contributed by atoms with Crippen molar-refractivity contribution < 1.29 is 19.0 Å². The maximum atomic E-state index is 12.1. The van der Waals surface area contributed by atoms with Crippen molar-refractivity contribution in [3.05, 3.63) is 52.5 Å². The van der Waals surface area contributed by atoms with Gasteiger partial charge in [-0.25, -0.2) is 5.43 Å². The number of halogens is 1. The summed E-state index contributed by atoms with van der Waals surface area (Å²) >= 11 is 5.91. The predicted molar refractivity (Wildman–Crippen MR) is 102 cm³/mol. The van der Waals surface area contributed by atoms with Gasteiger partial charge in [-0.15, -0.1) is 0 Å². The lowest BCUT2D eigenvalue weighted by atomic mass is 10.2. The minimum atomic E-state index is -0.718. The van der Waals surface area contributed by atoms with E-state index in [4.69, 9.17) is 25.8 Å². The fourth-order valence-electron chi connectivity index (χ4n) is 2.17. The van der Waals surface area contributed by atoms with Crippen LogP contribution in [0.2, 0.25) is 5.02 Å². The van der Waals surface area contributed by atoms with Crippen LogP contribution in [0.15, 0.2) is 41.5 Å². The molecule has 0 aliphatic carbocycles.